The van der Waals surface area contributed by atoms with E-state index >= 15 is 0 Å². The van der Waals surface area contributed by atoms with Crippen molar-refractivity contribution in [1.29, 1.82) is 0 Å². The standard InChI is InChI=1S/C19H18F2N6.H2/c1-4-11-7-12(15-9-23-18(22)26-27(11)15)13-5-6-14-17(25-13)19(3,8-16(20)21)10(2)24-14;/h4-7,9,16H,1,8H2,2-3H3,(H2,22,26);1H. The number of hydrogen-bond acceptors (Lipinski definition) is 5. The quantitative estimate of drug-likeness (QED) is 0.743. The van der Waals surface area contributed by atoms with Crippen LogP contribution in [0.5, 0.6) is 0 Å². The number of nitrogens with zero attached hydrogens (tertiary/aromatic N) is 5. The number of nitrogens with two attached hydrogens (primary N) is 1. The van der Waals surface area contributed by atoms with Crippen LogP contribution in [0, 0.1) is 0 Å². The Hall–Kier alpha value is -3.16. The molecule has 3 aromatic rings. The molecule has 27 heavy (non-hydrogen) atoms. The SMILES string of the molecule is C=Cc1cc(-c2ccc3c(n2)C(C)(CC(F)F)C(C)=N3)c2cnc(N)nn12.[HH]. The van der Waals surface area contributed by atoms with Gasteiger partial charge in [0.1, 0.15) is 0 Å². The summed E-state index contributed by atoms with van der Waals surface area (Å²) in [5.74, 6) is 0.142. The molecule has 6 nitrogen and oxygen atoms in total. The first-order valence-electron chi connectivity index (χ1n) is 8.46. The van der Waals surface area contributed by atoms with Gasteiger partial charge in [-0.25, -0.2) is 23.3 Å². The summed E-state index contributed by atoms with van der Waals surface area (Å²) in [7, 11) is 0. The minimum Gasteiger partial charge on any atom is -0.367 e. The van der Waals surface area contributed by atoms with Crippen LogP contribution in [0.25, 0.3) is 22.9 Å². The predicted octanol–water partition coefficient (Wildman–Crippen LogP) is 4.28. The molecule has 4 rings (SSSR count). The molecule has 0 amide bonds. The lowest BCUT2D eigenvalue weighted by atomic mass is 9.80. The molecule has 0 aromatic carbocycles. The Morgan fingerprint density at radius 2 is 2.19 bits per heavy atom. The van der Waals surface area contributed by atoms with Gasteiger partial charge in [0.25, 0.3) is 0 Å². The van der Waals surface area contributed by atoms with E-state index in [1.54, 1.807) is 30.6 Å². The maximum absolute atomic E-state index is 13.2. The molecule has 0 radical (unpaired) electrons. The zero-order chi connectivity index (χ0) is 19.3. The van der Waals surface area contributed by atoms with E-state index in [0.29, 0.717) is 28.3 Å². The first-order valence-corrected chi connectivity index (χ1v) is 8.46. The molecule has 2 N–H and O–H groups in total. The first kappa shape index (κ1) is 17.3. The summed E-state index contributed by atoms with van der Waals surface area (Å²) < 4.78 is 28.0. The normalized spacial score (nSPS) is 18.8. The molecule has 1 atom stereocenters. The molecule has 0 saturated carbocycles. The average Bonchev–Trinajstić information content (AvgIpc) is 3.09. The first-order chi connectivity index (χ1) is 12.8. The zero-order valence-electron chi connectivity index (χ0n) is 14.9. The molecule has 0 saturated heterocycles. The molecule has 0 aliphatic carbocycles. The van der Waals surface area contributed by atoms with Crippen molar-refractivity contribution < 1.29 is 10.2 Å². The Balaban J connectivity index is 0.00000225. The lowest BCUT2D eigenvalue weighted by Crippen LogP contribution is -2.31. The molecule has 1 aliphatic rings. The Kier molecular flexibility index (Phi) is 3.80. The predicted molar refractivity (Wildman–Crippen MR) is 104 cm³/mol. The number of pyridine rings is 1. The third-order valence-electron chi connectivity index (χ3n) is 5.09. The Labute approximate surface area is 156 Å². The monoisotopic (exact) mass is 370 g/mol. The van der Waals surface area contributed by atoms with Gasteiger partial charge in [-0.15, -0.1) is 5.10 Å². The van der Waals surface area contributed by atoms with Crippen LogP contribution >= 0.6 is 0 Å². The second-order valence-corrected chi connectivity index (χ2v) is 6.79. The summed E-state index contributed by atoms with van der Waals surface area (Å²) in [6, 6.07) is 5.51. The largest absolute Gasteiger partial charge is 0.367 e. The number of alkyl halides is 2. The molecule has 4 heterocycles. The maximum atomic E-state index is 13.2. The van der Waals surface area contributed by atoms with Crippen LogP contribution in [0.15, 0.2) is 36.0 Å². The lowest BCUT2D eigenvalue weighted by Gasteiger charge is -2.24. The van der Waals surface area contributed by atoms with Crippen LogP contribution in [-0.4, -0.2) is 31.7 Å². The van der Waals surface area contributed by atoms with Gasteiger partial charge in [0.15, 0.2) is 0 Å². The highest BCUT2D eigenvalue weighted by Gasteiger charge is 2.41. The van der Waals surface area contributed by atoms with Gasteiger partial charge in [-0.3, -0.25) is 4.99 Å². The topological polar surface area (TPSA) is 81.5 Å². The number of halogens is 2. The van der Waals surface area contributed by atoms with E-state index < -0.39 is 11.8 Å². The second-order valence-electron chi connectivity index (χ2n) is 6.79. The lowest BCUT2D eigenvalue weighted by molar-refractivity contribution is 0.121. The zero-order valence-corrected chi connectivity index (χ0v) is 14.9. The number of aromatic nitrogens is 4. The van der Waals surface area contributed by atoms with Gasteiger partial charge in [0, 0.05) is 19.1 Å². The highest BCUT2D eigenvalue weighted by Crippen LogP contribution is 2.43. The van der Waals surface area contributed by atoms with Crippen LogP contribution in [0.4, 0.5) is 20.4 Å². The smallest absolute Gasteiger partial charge is 0.239 e. The molecule has 140 valence electrons. The molecule has 8 heteroatoms. The van der Waals surface area contributed by atoms with Gasteiger partial charge in [0.05, 0.1) is 39.9 Å². The van der Waals surface area contributed by atoms with Crippen LogP contribution in [-0.2, 0) is 5.41 Å². The summed E-state index contributed by atoms with van der Waals surface area (Å²) in [5.41, 5.74) is 9.49. The van der Waals surface area contributed by atoms with Crippen LogP contribution in [0.2, 0.25) is 0 Å². The van der Waals surface area contributed by atoms with Crippen LogP contribution in [0.3, 0.4) is 0 Å². The number of hydrogen-bond donors (Lipinski definition) is 1. The molecule has 3 aromatic heterocycles. The van der Waals surface area contributed by atoms with Crippen LogP contribution < -0.4 is 5.73 Å². The van der Waals surface area contributed by atoms with Crippen molar-refractivity contribution in [3.63, 3.8) is 0 Å². The van der Waals surface area contributed by atoms with Gasteiger partial charge >= 0.3 is 0 Å². The van der Waals surface area contributed by atoms with E-state index in [2.05, 4.69) is 21.7 Å². The molecular formula is C19H20F2N6. The Morgan fingerprint density at radius 1 is 1.41 bits per heavy atom. The molecule has 0 fully saturated rings. The van der Waals surface area contributed by atoms with E-state index in [9.17, 15) is 8.78 Å². The summed E-state index contributed by atoms with van der Waals surface area (Å²) in [6.07, 6.45) is 0.500. The number of rotatable bonds is 4. The summed E-state index contributed by atoms with van der Waals surface area (Å²) in [4.78, 5) is 13.2. The summed E-state index contributed by atoms with van der Waals surface area (Å²) >= 11 is 0. The third kappa shape index (κ3) is 2.59. The minimum absolute atomic E-state index is 0. The van der Waals surface area contributed by atoms with E-state index in [0.717, 1.165) is 11.3 Å². The van der Waals surface area contributed by atoms with E-state index in [-0.39, 0.29) is 13.8 Å². The van der Waals surface area contributed by atoms with Crippen molar-refractivity contribution in [2.45, 2.75) is 32.1 Å². The Bertz CT molecular complexity index is 1110. The molecular weight excluding hydrogens is 350 g/mol. The van der Waals surface area contributed by atoms with E-state index in [4.69, 9.17) is 10.7 Å². The Morgan fingerprint density at radius 3 is 2.89 bits per heavy atom. The van der Waals surface area contributed by atoms with Gasteiger partial charge in [0.2, 0.25) is 12.4 Å². The molecule has 1 unspecified atom stereocenters. The number of fused-ring (bicyclic) bond motifs is 2. The average molecular weight is 370 g/mol. The summed E-state index contributed by atoms with van der Waals surface area (Å²) in [6.45, 7) is 7.33. The van der Waals surface area contributed by atoms with Gasteiger partial charge in [-0.1, -0.05) is 6.58 Å². The molecule has 0 spiro atoms. The van der Waals surface area contributed by atoms with Crippen molar-refractivity contribution in [2.24, 2.45) is 4.99 Å². The third-order valence-corrected chi connectivity index (χ3v) is 5.09. The van der Waals surface area contributed by atoms with Crippen molar-refractivity contribution in [1.82, 2.24) is 19.6 Å². The minimum atomic E-state index is -2.45. The highest BCUT2D eigenvalue weighted by molar-refractivity contribution is 5.99. The van der Waals surface area contributed by atoms with Gasteiger partial charge in [-0.2, -0.15) is 0 Å². The number of anilines is 1. The molecule has 1 aliphatic heterocycles. The maximum Gasteiger partial charge on any atom is 0.239 e. The fraction of sp³-hybridized carbons (Fsp3) is 0.263. The second kappa shape index (κ2) is 5.94. The van der Waals surface area contributed by atoms with Gasteiger partial charge in [-0.05, 0) is 38.1 Å². The van der Waals surface area contributed by atoms with Crippen molar-refractivity contribution >= 4 is 28.9 Å². The number of nitrogen functional groups attached to an aromatic ring is 1. The fourth-order valence-corrected chi connectivity index (χ4v) is 3.50. The highest BCUT2D eigenvalue weighted by atomic mass is 19.3. The van der Waals surface area contributed by atoms with Crippen molar-refractivity contribution in [3.05, 3.63) is 42.4 Å². The van der Waals surface area contributed by atoms with Crippen molar-refractivity contribution in [3.8, 4) is 11.3 Å². The van der Waals surface area contributed by atoms with Crippen molar-refractivity contribution in [2.75, 3.05) is 5.73 Å². The number of aliphatic imine (C=N–C) groups is 1. The molecule has 0 bridgehead atoms. The van der Waals surface area contributed by atoms with E-state index in [1.807, 2.05) is 18.2 Å². The fourth-order valence-electron chi connectivity index (χ4n) is 3.50. The van der Waals surface area contributed by atoms with Gasteiger partial charge < -0.3 is 5.73 Å². The summed E-state index contributed by atoms with van der Waals surface area (Å²) in [5, 5.41) is 4.21. The van der Waals surface area contributed by atoms with E-state index in [1.165, 1.54) is 0 Å². The van der Waals surface area contributed by atoms with Crippen LogP contribution in [0.1, 0.15) is 33.1 Å².